The Kier molecular flexibility index (Phi) is 4.95. The molecule has 10 heavy (non-hydrogen) atoms. The Hall–Kier alpha value is -0.562. The predicted octanol–water partition coefficient (Wildman–Crippen LogP) is 0.875. The second-order valence-corrected chi connectivity index (χ2v) is 2.27. The van der Waals surface area contributed by atoms with E-state index >= 15 is 0 Å². The number of nitrogens with zero attached hydrogens (tertiary/aromatic N) is 1. The average Bonchev–Trinajstić information content (AvgIpc) is 1.89. The van der Waals surface area contributed by atoms with Gasteiger partial charge in [-0.25, -0.2) is 0 Å². The first-order chi connectivity index (χ1) is 4.72. The van der Waals surface area contributed by atoms with E-state index in [1.54, 1.807) is 6.92 Å². The molecule has 0 atom stereocenters. The molecule has 0 aliphatic heterocycles. The molecule has 0 aromatic heterocycles. The number of rotatable bonds is 3. The molecule has 0 spiro atoms. The molecular weight excluding hydrogens is 302 g/mol. The summed E-state index contributed by atoms with van der Waals surface area (Å²) in [7, 11) is 0. The Morgan fingerprint density at radius 2 is 2.40 bits per heavy atom. The van der Waals surface area contributed by atoms with Crippen molar-refractivity contribution in [2.75, 3.05) is 0 Å². The van der Waals surface area contributed by atoms with Crippen molar-refractivity contribution in [3.8, 4) is 0 Å². The summed E-state index contributed by atoms with van der Waals surface area (Å²) in [6.07, 6.45) is 5.62. The quantitative estimate of drug-likeness (QED) is 0.336. The molecule has 4 heteroatoms. The van der Waals surface area contributed by atoms with Crippen LogP contribution in [0.4, 0.5) is 0 Å². The third-order valence-corrected chi connectivity index (χ3v) is 1.62. The monoisotopic (exact) mass is 308 g/mol. The van der Waals surface area contributed by atoms with Gasteiger partial charge < -0.3 is 0 Å². The van der Waals surface area contributed by atoms with Gasteiger partial charge in [0.1, 0.15) is 0 Å². The van der Waals surface area contributed by atoms with Gasteiger partial charge in [-0.05, 0) is 0 Å². The molecule has 0 heterocycles. The number of allylic oxidation sites excluding steroid dienone is 4. The van der Waals surface area contributed by atoms with Crippen LogP contribution in [0.3, 0.4) is 0 Å². The third kappa shape index (κ3) is 3.46. The van der Waals surface area contributed by atoms with Crippen LogP contribution >= 0.6 is 0 Å². The van der Waals surface area contributed by atoms with Gasteiger partial charge in [-0.1, -0.05) is 0 Å². The van der Waals surface area contributed by atoms with E-state index < -0.39 is 4.92 Å². The van der Waals surface area contributed by atoms with Gasteiger partial charge in [-0.2, -0.15) is 0 Å². The molecule has 54 valence electrons. The molecule has 0 amide bonds. The van der Waals surface area contributed by atoms with Crippen LogP contribution in [0.15, 0.2) is 17.8 Å². The van der Waals surface area contributed by atoms with Crippen LogP contribution < -0.4 is 0 Å². The standard InChI is InChI=1S/C6H6NO2.W/c1-3-4-5-6(2)7(8)9;/h2,4-5H,1H3;/q-1;/b6-5+;. The van der Waals surface area contributed by atoms with Gasteiger partial charge in [0.2, 0.25) is 0 Å². The first kappa shape index (κ1) is 9.44. The molecule has 0 aromatic carbocycles. The Labute approximate surface area is 70.0 Å². The van der Waals surface area contributed by atoms with E-state index in [0.717, 1.165) is 19.4 Å². The van der Waals surface area contributed by atoms with Gasteiger partial charge in [-0.15, -0.1) is 0 Å². The molecule has 0 bridgehead atoms. The fourth-order valence-corrected chi connectivity index (χ4v) is 0.903. The van der Waals surface area contributed by atoms with Crippen LogP contribution in [0.25, 0.3) is 0 Å². The molecule has 0 fully saturated rings. The summed E-state index contributed by atoms with van der Waals surface area (Å²) in [6, 6.07) is 0. The van der Waals surface area contributed by atoms with Gasteiger partial charge in [0.05, 0.1) is 0 Å². The summed E-state index contributed by atoms with van der Waals surface area (Å²) in [4.78, 5) is 9.69. The van der Waals surface area contributed by atoms with Crippen LogP contribution in [0.1, 0.15) is 6.92 Å². The van der Waals surface area contributed by atoms with Crippen molar-refractivity contribution in [2.24, 2.45) is 0 Å². The van der Waals surface area contributed by atoms with Gasteiger partial charge in [0.15, 0.2) is 0 Å². The molecule has 0 saturated carbocycles. The van der Waals surface area contributed by atoms with E-state index in [9.17, 15) is 10.1 Å². The number of nitro groups is 1. The van der Waals surface area contributed by atoms with E-state index in [2.05, 4.69) is 6.08 Å². The Morgan fingerprint density at radius 3 is 2.70 bits per heavy atom. The second kappa shape index (κ2) is 5.24. The van der Waals surface area contributed by atoms with Gasteiger partial charge >= 0.3 is 69.6 Å². The van der Waals surface area contributed by atoms with Crippen LogP contribution in [-0.2, 0) is 19.4 Å². The van der Waals surface area contributed by atoms with Crippen molar-refractivity contribution in [1.82, 2.24) is 0 Å². The summed E-state index contributed by atoms with van der Waals surface area (Å²) in [6.45, 7) is 1.69. The van der Waals surface area contributed by atoms with Crippen molar-refractivity contribution in [2.45, 2.75) is 6.92 Å². The van der Waals surface area contributed by atoms with Crippen LogP contribution in [0.2, 0.25) is 0 Å². The predicted molar refractivity (Wildman–Crippen MR) is 34.6 cm³/mol. The fraction of sp³-hybridized carbons (Fsp3) is 0.167. The summed E-state index contributed by atoms with van der Waals surface area (Å²) in [5, 5.41) is 10.1. The van der Waals surface area contributed by atoms with Gasteiger partial charge in [0.25, 0.3) is 0 Å². The molecule has 0 aromatic rings. The van der Waals surface area contributed by atoms with E-state index in [0.29, 0.717) is 0 Å². The first-order valence-corrected chi connectivity index (χ1v) is 4.22. The molecule has 0 aliphatic rings. The summed E-state index contributed by atoms with van der Waals surface area (Å²) >= 11 is 1.07. The van der Waals surface area contributed by atoms with Crippen LogP contribution in [0.5, 0.6) is 0 Å². The fourth-order valence-electron chi connectivity index (χ4n) is 0.312. The Morgan fingerprint density at radius 1 is 1.80 bits per heavy atom. The maximum absolute atomic E-state index is 10.1. The Balaban J connectivity index is 4.33. The molecule has 0 unspecified atom stereocenters. The average molecular weight is 308 g/mol. The minimum atomic E-state index is -0.416. The molecule has 0 radical (unpaired) electrons. The molecule has 3 nitrogen and oxygen atoms in total. The molecular formula is C6H6NO2W-. The third-order valence-electron chi connectivity index (χ3n) is 0.752. The number of hydrogen-bond acceptors (Lipinski definition) is 2. The van der Waals surface area contributed by atoms with E-state index in [4.69, 9.17) is 0 Å². The second-order valence-electron chi connectivity index (χ2n) is 1.42. The van der Waals surface area contributed by atoms with Crippen LogP contribution in [0, 0.1) is 16.2 Å². The van der Waals surface area contributed by atoms with Crippen molar-refractivity contribution >= 4 is 4.40 Å². The van der Waals surface area contributed by atoms with Gasteiger partial charge in [-0.3, -0.25) is 0 Å². The maximum atomic E-state index is 10.1. The zero-order valence-electron chi connectivity index (χ0n) is 5.40. The van der Waals surface area contributed by atoms with E-state index in [1.807, 2.05) is 0 Å². The van der Waals surface area contributed by atoms with Crippen LogP contribution in [-0.4, -0.2) is 9.32 Å². The van der Waals surface area contributed by atoms with Crippen molar-refractivity contribution in [3.63, 3.8) is 0 Å². The molecule has 0 N–H and O–H groups in total. The van der Waals surface area contributed by atoms with Gasteiger partial charge in [0, 0.05) is 0 Å². The Bertz CT molecular complexity index is 196. The first-order valence-electron chi connectivity index (χ1n) is 2.52. The molecule has 0 aliphatic carbocycles. The molecule has 0 saturated heterocycles. The van der Waals surface area contributed by atoms with Crippen molar-refractivity contribution < 1.29 is 24.3 Å². The topological polar surface area (TPSA) is 43.1 Å². The van der Waals surface area contributed by atoms with E-state index in [1.165, 1.54) is 16.6 Å². The molecule has 0 rings (SSSR count). The normalized spacial score (nSPS) is 11.9. The van der Waals surface area contributed by atoms with Crippen molar-refractivity contribution in [3.05, 3.63) is 34.0 Å². The van der Waals surface area contributed by atoms with E-state index in [-0.39, 0.29) is 5.70 Å². The van der Waals surface area contributed by atoms with Crippen molar-refractivity contribution in [1.29, 1.82) is 0 Å². The summed E-state index contributed by atoms with van der Waals surface area (Å²) in [5.74, 6) is 0. The summed E-state index contributed by atoms with van der Waals surface area (Å²) in [5.41, 5.74) is 0.129. The SMILES string of the molecule is C[C-]=C/C=C(\[CH]=[W])[N+](=O)[O-]. The zero-order valence-corrected chi connectivity index (χ0v) is 8.34. The summed E-state index contributed by atoms with van der Waals surface area (Å²) < 4.78 is 1.52. The number of hydrogen-bond donors (Lipinski definition) is 0. The zero-order chi connectivity index (χ0) is 7.98. The minimum absolute atomic E-state index is 0.129.